The summed E-state index contributed by atoms with van der Waals surface area (Å²) in [5.74, 6) is -0.872. The van der Waals surface area contributed by atoms with Crippen LogP contribution in [0.2, 0.25) is 0 Å². The number of ether oxygens (including phenoxy) is 2. The van der Waals surface area contributed by atoms with Gasteiger partial charge in [-0.3, -0.25) is 9.59 Å². The third-order valence-corrected chi connectivity index (χ3v) is 5.08. The van der Waals surface area contributed by atoms with E-state index in [1.165, 1.54) is 54.7 Å². The second kappa shape index (κ2) is 12.6. The number of carbonyl (C=O) groups excluding carboxylic acids is 2. The van der Waals surface area contributed by atoms with Crippen LogP contribution in [0.3, 0.4) is 0 Å². The minimum Gasteiger partial charge on any atom is -0.490 e. The van der Waals surface area contributed by atoms with Crippen LogP contribution in [0.1, 0.15) is 18.1 Å². The van der Waals surface area contributed by atoms with Crippen molar-refractivity contribution in [3.05, 3.63) is 87.9 Å². The first kappa shape index (κ1) is 25.8. The minimum atomic E-state index is -0.430. The highest BCUT2D eigenvalue weighted by Crippen LogP contribution is 2.36. The Labute approximate surface area is 209 Å². The van der Waals surface area contributed by atoms with Crippen molar-refractivity contribution in [3.63, 3.8) is 0 Å². The summed E-state index contributed by atoms with van der Waals surface area (Å²) in [7, 11) is 0. The Morgan fingerprint density at radius 1 is 0.971 bits per heavy atom. The number of halogens is 3. The molecule has 7 nitrogen and oxygen atoms in total. The molecule has 0 atom stereocenters. The van der Waals surface area contributed by atoms with Crippen LogP contribution >= 0.6 is 15.9 Å². The zero-order valence-corrected chi connectivity index (χ0v) is 20.3. The van der Waals surface area contributed by atoms with Gasteiger partial charge in [0.2, 0.25) is 5.91 Å². The smallest absolute Gasteiger partial charge is 0.262 e. The first-order valence-corrected chi connectivity index (χ1v) is 11.3. The van der Waals surface area contributed by atoms with E-state index in [2.05, 4.69) is 31.8 Å². The number of nitrogens with one attached hydrogen (secondary N) is 2. The molecule has 0 unspecified atom stereocenters. The SMILES string of the molecule is CCOc1cc(/C=N/NC(=O)Cc2ccc(F)cc2)cc(Br)c1OCC(=O)Nc1ccc(F)cc1. The molecular weight excluding hydrogens is 524 g/mol. The molecule has 0 saturated heterocycles. The monoisotopic (exact) mass is 545 g/mol. The number of hydrogen-bond acceptors (Lipinski definition) is 5. The van der Waals surface area contributed by atoms with E-state index >= 15 is 0 Å². The second-order valence-corrected chi connectivity index (χ2v) is 8.06. The fraction of sp³-hybridized carbons (Fsp3) is 0.160. The topological polar surface area (TPSA) is 89.0 Å². The summed E-state index contributed by atoms with van der Waals surface area (Å²) < 4.78 is 37.8. The van der Waals surface area contributed by atoms with Gasteiger partial charge in [-0.05, 0) is 82.5 Å². The van der Waals surface area contributed by atoms with Crippen molar-refractivity contribution >= 4 is 39.6 Å². The molecular formula is C25H22BrF2N3O4. The highest BCUT2D eigenvalue weighted by atomic mass is 79.9. The van der Waals surface area contributed by atoms with E-state index in [4.69, 9.17) is 9.47 Å². The maximum atomic E-state index is 13.0. The number of hydrogen-bond donors (Lipinski definition) is 2. The van der Waals surface area contributed by atoms with E-state index < -0.39 is 11.7 Å². The standard InChI is InChI=1S/C25H22BrF2N3O4/c1-2-34-22-12-17(14-29-31-23(32)13-16-3-5-18(27)6-4-16)11-21(26)25(22)35-15-24(33)30-20-9-7-19(28)8-10-20/h3-12,14H,2,13,15H2,1H3,(H,30,33)(H,31,32)/b29-14+. The molecule has 3 aromatic rings. The van der Waals surface area contributed by atoms with E-state index in [0.717, 1.165) is 0 Å². The third-order valence-electron chi connectivity index (χ3n) is 4.49. The van der Waals surface area contributed by atoms with Crippen LogP contribution in [0.15, 0.2) is 70.2 Å². The van der Waals surface area contributed by atoms with Crippen molar-refractivity contribution in [2.45, 2.75) is 13.3 Å². The van der Waals surface area contributed by atoms with Crippen LogP contribution < -0.4 is 20.2 Å². The number of hydrazone groups is 1. The summed E-state index contributed by atoms with van der Waals surface area (Å²) in [5.41, 5.74) is 4.12. The first-order valence-electron chi connectivity index (χ1n) is 10.5. The average Bonchev–Trinajstić information content (AvgIpc) is 2.82. The lowest BCUT2D eigenvalue weighted by Gasteiger charge is -2.14. The fourth-order valence-electron chi connectivity index (χ4n) is 2.94. The largest absolute Gasteiger partial charge is 0.490 e. The zero-order valence-electron chi connectivity index (χ0n) is 18.7. The van der Waals surface area contributed by atoms with Gasteiger partial charge in [0.25, 0.3) is 5.91 Å². The maximum Gasteiger partial charge on any atom is 0.262 e. The molecule has 0 aliphatic rings. The summed E-state index contributed by atoms with van der Waals surface area (Å²) in [6, 6.07) is 14.3. The van der Waals surface area contributed by atoms with Gasteiger partial charge in [0.15, 0.2) is 18.1 Å². The predicted molar refractivity (Wildman–Crippen MR) is 132 cm³/mol. The second-order valence-electron chi connectivity index (χ2n) is 7.20. The number of nitrogens with zero attached hydrogens (tertiary/aromatic N) is 1. The Morgan fingerprint density at radius 3 is 2.29 bits per heavy atom. The summed E-state index contributed by atoms with van der Waals surface area (Å²) in [5, 5.41) is 6.56. The Hall–Kier alpha value is -3.79. The molecule has 0 spiro atoms. The molecule has 0 aliphatic carbocycles. The van der Waals surface area contributed by atoms with Crippen molar-refractivity contribution < 1.29 is 27.8 Å². The van der Waals surface area contributed by atoms with Crippen molar-refractivity contribution in [3.8, 4) is 11.5 Å². The normalized spacial score (nSPS) is 10.7. The van der Waals surface area contributed by atoms with Crippen molar-refractivity contribution in [2.75, 3.05) is 18.5 Å². The molecule has 182 valence electrons. The third kappa shape index (κ3) is 8.18. The molecule has 0 heterocycles. The summed E-state index contributed by atoms with van der Waals surface area (Å²) in [4.78, 5) is 24.3. The van der Waals surface area contributed by atoms with Crippen LogP contribution in [0.25, 0.3) is 0 Å². The molecule has 35 heavy (non-hydrogen) atoms. The van der Waals surface area contributed by atoms with Crippen LogP contribution in [-0.4, -0.2) is 31.2 Å². The van der Waals surface area contributed by atoms with E-state index in [9.17, 15) is 18.4 Å². The number of rotatable bonds is 10. The van der Waals surface area contributed by atoms with E-state index in [1.54, 1.807) is 19.1 Å². The number of anilines is 1. The molecule has 0 fully saturated rings. The van der Waals surface area contributed by atoms with Gasteiger partial charge in [-0.1, -0.05) is 12.1 Å². The Bertz CT molecular complexity index is 1200. The molecule has 0 saturated carbocycles. The Kier molecular flexibility index (Phi) is 9.31. The van der Waals surface area contributed by atoms with Gasteiger partial charge < -0.3 is 14.8 Å². The van der Waals surface area contributed by atoms with Crippen LogP contribution in [0.4, 0.5) is 14.5 Å². The first-order chi connectivity index (χ1) is 16.8. The average molecular weight is 546 g/mol. The number of carbonyl (C=O) groups is 2. The molecule has 2 amide bonds. The predicted octanol–water partition coefficient (Wildman–Crippen LogP) is 4.84. The lowest BCUT2D eigenvalue weighted by Crippen LogP contribution is -2.20. The molecule has 0 bridgehead atoms. The summed E-state index contributed by atoms with van der Waals surface area (Å²) in [6.45, 7) is 1.85. The molecule has 3 rings (SSSR count). The highest BCUT2D eigenvalue weighted by molar-refractivity contribution is 9.10. The van der Waals surface area contributed by atoms with Gasteiger partial charge >= 0.3 is 0 Å². The molecule has 10 heteroatoms. The van der Waals surface area contributed by atoms with E-state index in [0.29, 0.717) is 39.4 Å². The summed E-state index contributed by atoms with van der Waals surface area (Å²) in [6.07, 6.45) is 1.49. The molecule has 0 aromatic heterocycles. The van der Waals surface area contributed by atoms with Crippen molar-refractivity contribution in [1.82, 2.24) is 5.43 Å². The lowest BCUT2D eigenvalue weighted by atomic mass is 10.1. The van der Waals surface area contributed by atoms with Gasteiger partial charge in [-0.2, -0.15) is 5.10 Å². The van der Waals surface area contributed by atoms with Crippen LogP contribution in [0, 0.1) is 11.6 Å². The number of benzene rings is 3. The van der Waals surface area contributed by atoms with Gasteiger partial charge in [0.05, 0.1) is 23.7 Å². The Morgan fingerprint density at radius 2 is 1.63 bits per heavy atom. The van der Waals surface area contributed by atoms with Gasteiger partial charge in [-0.15, -0.1) is 0 Å². The van der Waals surface area contributed by atoms with E-state index in [-0.39, 0.29) is 24.8 Å². The van der Waals surface area contributed by atoms with Gasteiger partial charge in [0.1, 0.15) is 11.6 Å². The quantitative estimate of drug-likeness (QED) is 0.282. The fourth-order valence-corrected chi connectivity index (χ4v) is 3.51. The minimum absolute atomic E-state index is 0.0538. The van der Waals surface area contributed by atoms with Crippen LogP contribution in [-0.2, 0) is 16.0 Å². The molecule has 3 aromatic carbocycles. The van der Waals surface area contributed by atoms with Gasteiger partial charge in [-0.25, -0.2) is 14.2 Å². The van der Waals surface area contributed by atoms with E-state index in [1.807, 2.05) is 0 Å². The number of amides is 2. The lowest BCUT2D eigenvalue weighted by molar-refractivity contribution is -0.120. The van der Waals surface area contributed by atoms with Crippen molar-refractivity contribution in [1.29, 1.82) is 0 Å². The molecule has 0 radical (unpaired) electrons. The van der Waals surface area contributed by atoms with Crippen LogP contribution in [0.5, 0.6) is 11.5 Å². The zero-order chi connectivity index (χ0) is 25.2. The highest BCUT2D eigenvalue weighted by Gasteiger charge is 2.14. The Balaban J connectivity index is 1.60. The van der Waals surface area contributed by atoms with Crippen molar-refractivity contribution in [2.24, 2.45) is 5.10 Å². The van der Waals surface area contributed by atoms with Gasteiger partial charge in [0, 0.05) is 5.69 Å². The molecule has 2 N–H and O–H groups in total. The summed E-state index contributed by atoms with van der Waals surface area (Å²) >= 11 is 3.41. The molecule has 0 aliphatic heterocycles. The maximum absolute atomic E-state index is 13.0.